The van der Waals surface area contributed by atoms with E-state index in [1.165, 1.54) is 0 Å². The highest BCUT2D eigenvalue weighted by molar-refractivity contribution is 5.89. The Hall–Kier alpha value is -0.870. The molecule has 2 rings (SSSR count). The third kappa shape index (κ3) is 1.70. The van der Waals surface area contributed by atoms with Gasteiger partial charge in [-0.15, -0.1) is 0 Å². The smallest absolute Gasteiger partial charge is 0.241 e. The molecular formula is C14H24N2O2. The fourth-order valence-corrected chi connectivity index (χ4v) is 3.43. The van der Waals surface area contributed by atoms with Crippen molar-refractivity contribution in [3.63, 3.8) is 0 Å². The van der Waals surface area contributed by atoms with Gasteiger partial charge in [-0.05, 0) is 19.8 Å². The van der Waals surface area contributed by atoms with Gasteiger partial charge in [-0.3, -0.25) is 4.79 Å². The molecule has 0 radical (unpaired) electrons. The van der Waals surface area contributed by atoms with Gasteiger partial charge in [0, 0.05) is 24.5 Å². The summed E-state index contributed by atoms with van der Waals surface area (Å²) in [5.74, 6) is 0.151. The van der Waals surface area contributed by atoms with Gasteiger partial charge in [0.1, 0.15) is 5.54 Å². The topological polar surface area (TPSA) is 64.4 Å². The van der Waals surface area contributed by atoms with Gasteiger partial charge in [0.15, 0.2) is 0 Å². The van der Waals surface area contributed by atoms with Gasteiger partial charge < -0.3 is 15.8 Å². The van der Waals surface area contributed by atoms with Crippen LogP contribution in [0.25, 0.3) is 0 Å². The molecule has 1 saturated heterocycles. The maximum atomic E-state index is 12.4. The first-order valence-corrected chi connectivity index (χ1v) is 6.76. The predicted octanol–water partition coefficient (Wildman–Crippen LogP) is 1.21. The molecule has 18 heavy (non-hydrogen) atoms. The van der Waals surface area contributed by atoms with Crippen molar-refractivity contribution < 1.29 is 9.53 Å². The lowest BCUT2D eigenvalue weighted by Crippen LogP contribution is -2.80. The maximum absolute atomic E-state index is 12.4. The van der Waals surface area contributed by atoms with Crippen LogP contribution in [-0.2, 0) is 9.53 Å². The second kappa shape index (κ2) is 4.67. The van der Waals surface area contributed by atoms with Crippen LogP contribution in [0.2, 0.25) is 0 Å². The van der Waals surface area contributed by atoms with E-state index in [0.717, 1.165) is 19.4 Å². The highest BCUT2D eigenvalue weighted by atomic mass is 16.5. The average molecular weight is 252 g/mol. The minimum Gasteiger partial charge on any atom is -0.377 e. The summed E-state index contributed by atoms with van der Waals surface area (Å²) in [7, 11) is 0. The van der Waals surface area contributed by atoms with E-state index in [9.17, 15) is 4.79 Å². The summed E-state index contributed by atoms with van der Waals surface area (Å²) < 4.78 is 5.68. The van der Waals surface area contributed by atoms with Gasteiger partial charge in [-0.2, -0.15) is 0 Å². The molecule has 2 fully saturated rings. The van der Waals surface area contributed by atoms with Crippen molar-refractivity contribution in [3.8, 4) is 0 Å². The summed E-state index contributed by atoms with van der Waals surface area (Å²) >= 11 is 0. The second-order valence-corrected chi connectivity index (χ2v) is 5.89. The molecule has 3 atom stereocenters. The highest BCUT2D eigenvalue weighted by Crippen LogP contribution is 2.58. The molecule has 3 unspecified atom stereocenters. The number of carbonyl (C=O) groups is 1. The number of rotatable bonds is 4. The number of hydrogen-bond acceptors (Lipinski definition) is 3. The van der Waals surface area contributed by atoms with Crippen LogP contribution >= 0.6 is 0 Å². The molecule has 1 aliphatic heterocycles. The van der Waals surface area contributed by atoms with Crippen molar-refractivity contribution in [2.75, 3.05) is 13.2 Å². The Morgan fingerprint density at radius 1 is 1.56 bits per heavy atom. The van der Waals surface area contributed by atoms with E-state index in [2.05, 4.69) is 5.32 Å². The Labute approximate surface area is 109 Å². The van der Waals surface area contributed by atoms with Gasteiger partial charge >= 0.3 is 0 Å². The van der Waals surface area contributed by atoms with Crippen LogP contribution in [0.5, 0.6) is 0 Å². The average Bonchev–Trinajstić information content (AvgIpc) is 2.81. The normalized spacial score (nSPS) is 37.3. The van der Waals surface area contributed by atoms with Crippen LogP contribution < -0.4 is 11.1 Å². The summed E-state index contributed by atoms with van der Waals surface area (Å²) in [5.41, 5.74) is 5.36. The molecule has 1 aliphatic carbocycles. The van der Waals surface area contributed by atoms with Crippen LogP contribution in [0.1, 0.15) is 33.6 Å². The Morgan fingerprint density at radius 2 is 2.28 bits per heavy atom. The molecule has 102 valence electrons. The molecule has 0 aromatic carbocycles. The maximum Gasteiger partial charge on any atom is 0.241 e. The van der Waals surface area contributed by atoms with Gasteiger partial charge in [-0.1, -0.05) is 26.0 Å². The SMILES string of the molecule is C/C=C/CCNC(=O)C1(N)C2CCOC2C1(C)C. The van der Waals surface area contributed by atoms with E-state index in [1.54, 1.807) is 0 Å². The Bertz CT molecular complexity index is 365. The van der Waals surface area contributed by atoms with Gasteiger partial charge in [0.25, 0.3) is 0 Å². The number of nitrogens with two attached hydrogens (primary N) is 1. The van der Waals surface area contributed by atoms with E-state index < -0.39 is 5.54 Å². The lowest BCUT2D eigenvalue weighted by molar-refractivity contribution is -0.175. The number of ether oxygens (including phenoxy) is 1. The van der Waals surface area contributed by atoms with Crippen molar-refractivity contribution in [2.45, 2.75) is 45.3 Å². The highest BCUT2D eigenvalue weighted by Gasteiger charge is 2.71. The number of nitrogens with one attached hydrogen (secondary N) is 1. The van der Waals surface area contributed by atoms with Crippen molar-refractivity contribution in [1.82, 2.24) is 5.32 Å². The monoisotopic (exact) mass is 252 g/mol. The number of hydrogen-bond donors (Lipinski definition) is 2. The van der Waals surface area contributed by atoms with Gasteiger partial charge in [0.05, 0.1) is 6.10 Å². The van der Waals surface area contributed by atoms with Crippen LogP contribution in [0, 0.1) is 11.3 Å². The lowest BCUT2D eigenvalue weighted by Gasteiger charge is -2.60. The van der Waals surface area contributed by atoms with Crippen LogP contribution in [0.4, 0.5) is 0 Å². The fraction of sp³-hybridized carbons (Fsp3) is 0.786. The second-order valence-electron chi connectivity index (χ2n) is 5.89. The fourth-order valence-electron chi connectivity index (χ4n) is 3.43. The number of amides is 1. The zero-order valence-electron chi connectivity index (χ0n) is 11.5. The minimum absolute atomic E-state index is 0.0243. The molecule has 2 aliphatic rings. The summed E-state index contributed by atoms with van der Waals surface area (Å²) in [6, 6.07) is 0. The summed E-state index contributed by atoms with van der Waals surface area (Å²) in [6.45, 7) is 7.41. The molecule has 1 amide bonds. The quantitative estimate of drug-likeness (QED) is 0.584. The van der Waals surface area contributed by atoms with Crippen molar-refractivity contribution in [1.29, 1.82) is 0 Å². The first kappa shape index (κ1) is 13.6. The van der Waals surface area contributed by atoms with Crippen LogP contribution in [0.3, 0.4) is 0 Å². The predicted molar refractivity (Wildman–Crippen MR) is 71.0 cm³/mol. The van der Waals surface area contributed by atoms with Crippen molar-refractivity contribution >= 4 is 5.91 Å². The van der Waals surface area contributed by atoms with E-state index in [1.807, 2.05) is 32.9 Å². The van der Waals surface area contributed by atoms with Crippen LogP contribution in [0.15, 0.2) is 12.2 Å². The molecule has 3 N–H and O–H groups in total. The number of allylic oxidation sites excluding steroid dienone is 1. The standard InChI is InChI=1S/C14H24N2O2/c1-4-5-6-8-16-12(17)14(15)10-7-9-18-11(10)13(14,2)3/h4-5,10-11H,6-9,15H2,1-3H3,(H,16,17)/b5-4+. The van der Waals surface area contributed by atoms with Crippen molar-refractivity contribution in [2.24, 2.45) is 17.1 Å². The van der Waals surface area contributed by atoms with Crippen molar-refractivity contribution in [3.05, 3.63) is 12.2 Å². The van der Waals surface area contributed by atoms with E-state index in [4.69, 9.17) is 10.5 Å². The van der Waals surface area contributed by atoms with E-state index in [-0.39, 0.29) is 23.3 Å². The first-order valence-electron chi connectivity index (χ1n) is 6.76. The number of carbonyl (C=O) groups excluding carboxylic acids is 1. The summed E-state index contributed by atoms with van der Waals surface area (Å²) in [4.78, 5) is 12.4. The zero-order chi connectivity index (χ0) is 13.4. The summed E-state index contributed by atoms with van der Waals surface area (Å²) in [6.07, 6.45) is 5.91. The molecule has 0 aromatic heterocycles. The largest absolute Gasteiger partial charge is 0.377 e. The molecule has 1 heterocycles. The Kier molecular flexibility index (Phi) is 3.52. The molecule has 0 bridgehead atoms. The number of fused-ring (bicyclic) bond motifs is 1. The van der Waals surface area contributed by atoms with E-state index >= 15 is 0 Å². The van der Waals surface area contributed by atoms with E-state index in [0.29, 0.717) is 6.54 Å². The molecule has 0 spiro atoms. The molecular weight excluding hydrogens is 228 g/mol. The molecule has 4 heteroatoms. The third-order valence-corrected chi connectivity index (χ3v) is 4.66. The summed E-state index contributed by atoms with van der Waals surface area (Å²) in [5, 5.41) is 2.96. The molecule has 1 saturated carbocycles. The van der Waals surface area contributed by atoms with Crippen LogP contribution in [-0.4, -0.2) is 30.7 Å². The van der Waals surface area contributed by atoms with Gasteiger partial charge in [-0.25, -0.2) is 0 Å². The van der Waals surface area contributed by atoms with Gasteiger partial charge in [0.2, 0.25) is 5.91 Å². The minimum atomic E-state index is -0.774. The first-order chi connectivity index (χ1) is 8.46. The third-order valence-electron chi connectivity index (χ3n) is 4.66. The zero-order valence-corrected chi connectivity index (χ0v) is 11.5. The molecule has 0 aromatic rings. The lowest BCUT2D eigenvalue weighted by atomic mass is 9.48. The Balaban J connectivity index is 2.00. The molecule has 4 nitrogen and oxygen atoms in total. The Morgan fingerprint density at radius 3 is 2.94 bits per heavy atom.